The highest BCUT2D eigenvalue weighted by atomic mass is 16.5. The van der Waals surface area contributed by atoms with Crippen LogP contribution in [0.5, 0.6) is 11.5 Å². The molecular formula is C29H29N3O4. The molecule has 1 aromatic heterocycles. The van der Waals surface area contributed by atoms with Crippen LogP contribution in [0.15, 0.2) is 89.5 Å². The van der Waals surface area contributed by atoms with Gasteiger partial charge in [0.25, 0.3) is 0 Å². The molecule has 184 valence electrons. The molecular weight excluding hydrogens is 454 g/mol. The van der Waals surface area contributed by atoms with Gasteiger partial charge in [-0.25, -0.2) is 0 Å². The van der Waals surface area contributed by atoms with Crippen LogP contribution < -0.4 is 9.47 Å². The Morgan fingerprint density at radius 2 is 1.53 bits per heavy atom. The summed E-state index contributed by atoms with van der Waals surface area (Å²) in [7, 11) is 3.18. The molecule has 0 aliphatic carbocycles. The molecule has 0 aliphatic heterocycles. The van der Waals surface area contributed by atoms with Gasteiger partial charge in [-0.1, -0.05) is 65.8 Å². The lowest BCUT2D eigenvalue weighted by molar-refractivity contribution is -0.126. The number of ether oxygens (including phenoxy) is 2. The zero-order valence-corrected chi connectivity index (χ0v) is 20.5. The van der Waals surface area contributed by atoms with Crippen LogP contribution in [-0.4, -0.2) is 48.3 Å². The van der Waals surface area contributed by atoms with Crippen LogP contribution >= 0.6 is 0 Å². The zero-order valence-electron chi connectivity index (χ0n) is 20.5. The van der Waals surface area contributed by atoms with E-state index in [-0.39, 0.29) is 5.91 Å². The monoisotopic (exact) mass is 483 g/mol. The van der Waals surface area contributed by atoms with Crippen molar-refractivity contribution in [1.82, 2.24) is 15.0 Å². The Hall–Kier alpha value is -4.39. The molecule has 4 rings (SSSR count). The first-order valence-corrected chi connectivity index (χ1v) is 11.8. The van der Waals surface area contributed by atoms with Crippen molar-refractivity contribution >= 4 is 12.0 Å². The summed E-state index contributed by atoms with van der Waals surface area (Å²) in [6.45, 7) is 1.03. The number of hydrogen-bond acceptors (Lipinski definition) is 6. The van der Waals surface area contributed by atoms with Crippen molar-refractivity contribution < 1.29 is 18.8 Å². The largest absolute Gasteiger partial charge is 0.497 e. The molecule has 0 saturated carbocycles. The molecule has 0 unspecified atom stereocenters. The van der Waals surface area contributed by atoms with Gasteiger partial charge in [0.2, 0.25) is 17.6 Å². The molecule has 0 fully saturated rings. The number of amides is 1. The number of rotatable bonds is 11. The molecule has 0 N–H and O–H groups in total. The van der Waals surface area contributed by atoms with Crippen molar-refractivity contribution in [2.45, 2.75) is 12.8 Å². The number of hydrogen-bond donors (Lipinski definition) is 0. The van der Waals surface area contributed by atoms with E-state index in [1.807, 2.05) is 71.6 Å². The summed E-state index contributed by atoms with van der Waals surface area (Å²) in [6, 6.07) is 25.3. The topological polar surface area (TPSA) is 77.7 Å². The van der Waals surface area contributed by atoms with Crippen LogP contribution in [0.25, 0.3) is 17.5 Å². The first-order valence-electron chi connectivity index (χ1n) is 11.8. The van der Waals surface area contributed by atoms with Gasteiger partial charge in [-0.2, -0.15) is 4.98 Å². The molecule has 0 bridgehead atoms. The molecule has 0 saturated heterocycles. The fraction of sp³-hybridized carbons (Fsp3) is 0.207. The number of nitrogens with zero attached hydrogens (tertiary/aromatic N) is 3. The van der Waals surface area contributed by atoms with Crippen molar-refractivity contribution in [2.24, 2.45) is 0 Å². The van der Waals surface area contributed by atoms with Crippen molar-refractivity contribution in [3.05, 3.63) is 102 Å². The quantitative estimate of drug-likeness (QED) is 0.277. The number of methoxy groups -OCH3 is 2. The third-order valence-corrected chi connectivity index (χ3v) is 5.72. The van der Waals surface area contributed by atoms with Gasteiger partial charge in [-0.3, -0.25) is 4.79 Å². The van der Waals surface area contributed by atoms with E-state index in [4.69, 9.17) is 14.0 Å². The van der Waals surface area contributed by atoms with E-state index >= 15 is 0 Å². The van der Waals surface area contributed by atoms with Crippen LogP contribution in [0.2, 0.25) is 0 Å². The predicted octanol–water partition coefficient (Wildman–Crippen LogP) is 5.08. The van der Waals surface area contributed by atoms with E-state index in [9.17, 15) is 4.79 Å². The third-order valence-electron chi connectivity index (χ3n) is 5.72. The second-order valence-electron chi connectivity index (χ2n) is 8.17. The number of carbonyl (C=O) groups is 1. The second kappa shape index (κ2) is 12.4. The lowest BCUT2D eigenvalue weighted by atomic mass is 10.1. The van der Waals surface area contributed by atoms with Crippen LogP contribution in [0.1, 0.15) is 17.0 Å². The first-order chi connectivity index (χ1) is 17.6. The Labute approximate surface area is 211 Å². The summed E-state index contributed by atoms with van der Waals surface area (Å²) in [5, 5.41) is 4.11. The molecule has 1 heterocycles. The van der Waals surface area contributed by atoms with Gasteiger partial charge >= 0.3 is 0 Å². The van der Waals surface area contributed by atoms with Crippen molar-refractivity contribution in [2.75, 3.05) is 27.3 Å². The van der Waals surface area contributed by atoms with E-state index in [0.29, 0.717) is 42.7 Å². The van der Waals surface area contributed by atoms with E-state index < -0.39 is 0 Å². The van der Waals surface area contributed by atoms with Gasteiger partial charge in [0.1, 0.15) is 11.5 Å². The summed E-state index contributed by atoms with van der Waals surface area (Å²) >= 11 is 0. The lowest BCUT2D eigenvalue weighted by Gasteiger charge is -2.20. The van der Waals surface area contributed by atoms with Gasteiger partial charge in [-0.05, 0) is 35.8 Å². The fourth-order valence-electron chi connectivity index (χ4n) is 3.72. The predicted molar refractivity (Wildman–Crippen MR) is 139 cm³/mol. The third kappa shape index (κ3) is 6.82. The molecule has 36 heavy (non-hydrogen) atoms. The van der Waals surface area contributed by atoms with Gasteiger partial charge in [0.15, 0.2) is 0 Å². The van der Waals surface area contributed by atoms with Gasteiger partial charge < -0.3 is 18.9 Å². The molecule has 4 aromatic rings. The summed E-state index contributed by atoms with van der Waals surface area (Å²) in [4.78, 5) is 19.4. The Bertz CT molecular complexity index is 1260. The molecule has 0 radical (unpaired) electrons. The standard InChI is InChI=1S/C29H29N3O4/c1-34-25-19-24(20-26(21-25)35-2)29-30-27(36-31-29)16-18-32(17-15-23-11-7-4-8-12-23)28(33)14-13-22-9-5-3-6-10-22/h3-14,19-21H,15-18H2,1-2H3/b14-13+. The van der Waals surface area contributed by atoms with Crippen molar-refractivity contribution in [3.63, 3.8) is 0 Å². The average Bonchev–Trinajstić information content (AvgIpc) is 3.41. The minimum absolute atomic E-state index is 0.0629. The average molecular weight is 484 g/mol. The molecule has 7 nitrogen and oxygen atoms in total. The van der Waals surface area contributed by atoms with E-state index in [2.05, 4.69) is 22.3 Å². The van der Waals surface area contributed by atoms with Crippen LogP contribution in [0, 0.1) is 0 Å². The molecule has 3 aromatic carbocycles. The van der Waals surface area contributed by atoms with E-state index in [1.165, 1.54) is 5.56 Å². The highest BCUT2D eigenvalue weighted by Gasteiger charge is 2.15. The lowest BCUT2D eigenvalue weighted by Crippen LogP contribution is -2.33. The molecule has 0 atom stereocenters. The van der Waals surface area contributed by atoms with Gasteiger partial charge in [-0.15, -0.1) is 0 Å². The van der Waals surface area contributed by atoms with E-state index in [0.717, 1.165) is 17.5 Å². The Morgan fingerprint density at radius 1 is 0.889 bits per heavy atom. The summed E-state index contributed by atoms with van der Waals surface area (Å²) in [5.74, 6) is 2.11. The maximum atomic E-state index is 13.1. The summed E-state index contributed by atoms with van der Waals surface area (Å²) in [5.41, 5.74) is 2.88. The van der Waals surface area contributed by atoms with Crippen LogP contribution in [0.4, 0.5) is 0 Å². The van der Waals surface area contributed by atoms with E-state index in [1.54, 1.807) is 26.4 Å². The summed E-state index contributed by atoms with van der Waals surface area (Å²) in [6.07, 6.45) is 4.64. The van der Waals surface area contributed by atoms with Crippen molar-refractivity contribution in [1.29, 1.82) is 0 Å². The first kappa shape index (κ1) is 24.7. The zero-order chi connectivity index (χ0) is 25.2. The molecule has 0 aliphatic rings. The minimum atomic E-state index is -0.0629. The second-order valence-corrected chi connectivity index (χ2v) is 8.17. The highest BCUT2D eigenvalue weighted by Crippen LogP contribution is 2.28. The Balaban J connectivity index is 1.46. The molecule has 0 spiro atoms. The van der Waals surface area contributed by atoms with Gasteiger partial charge in [0.05, 0.1) is 14.2 Å². The maximum absolute atomic E-state index is 13.1. The number of benzene rings is 3. The Morgan fingerprint density at radius 3 is 2.19 bits per heavy atom. The maximum Gasteiger partial charge on any atom is 0.246 e. The smallest absolute Gasteiger partial charge is 0.246 e. The molecule has 1 amide bonds. The van der Waals surface area contributed by atoms with Crippen LogP contribution in [-0.2, 0) is 17.6 Å². The molecule has 7 heteroatoms. The number of aromatic nitrogens is 2. The summed E-state index contributed by atoms with van der Waals surface area (Å²) < 4.78 is 16.2. The Kier molecular flexibility index (Phi) is 8.48. The van der Waals surface area contributed by atoms with Gasteiger partial charge in [0, 0.05) is 37.2 Å². The highest BCUT2D eigenvalue weighted by molar-refractivity contribution is 5.91. The normalized spacial score (nSPS) is 10.9. The number of carbonyl (C=O) groups excluding carboxylic acids is 1. The SMILES string of the molecule is COc1cc(OC)cc(-c2noc(CCN(CCc3ccccc3)C(=O)/C=C/c3ccccc3)n2)c1. The van der Waals surface area contributed by atoms with Crippen molar-refractivity contribution in [3.8, 4) is 22.9 Å². The van der Waals surface area contributed by atoms with Crippen LogP contribution in [0.3, 0.4) is 0 Å². The minimum Gasteiger partial charge on any atom is -0.497 e. The fourth-order valence-corrected chi connectivity index (χ4v) is 3.72.